The van der Waals surface area contributed by atoms with Crippen molar-refractivity contribution in [1.82, 2.24) is 15.2 Å². The molecule has 1 heterocycles. The first-order chi connectivity index (χ1) is 10.8. The van der Waals surface area contributed by atoms with Crippen LogP contribution in [0.25, 0.3) is 0 Å². The fraction of sp³-hybridized carbons (Fsp3) is 0.333. The van der Waals surface area contributed by atoms with Crippen molar-refractivity contribution in [1.29, 1.82) is 0 Å². The van der Waals surface area contributed by atoms with Gasteiger partial charge in [0, 0.05) is 5.54 Å². The summed E-state index contributed by atoms with van der Waals surface area (Å²) in [4.78, 5) is 15.9. The van der Waals surface area contributed by atoms with E-state index in [4.69, 9.17) is 16.3 Å². The van der Waals surface area contributed by atoms with E-state index in [2.05, 4.69) is 25.8 Å². The maximum Gasteiger partial charge on any atom is 0.337 e. The summed E-state index contributed by atoms with van der Waals surface area (Å²) in [6.45, 7) is 5.98. The highest BCUT2D eigenvalue weighted by molar-refractivity contribution is 6.33. The van der Waals surface area contributed by atoms with Crippen molar-refractivity contribution in [2.24, 2.45) is 0 Å². The summed E-state index contributed by atoms with van der Waals surface area (Å²) in [5.74, 6) is 0.402. The number of rotatable bonds is 4. The number of carbonyl (C=O) groups excluding carboxylic acids is 1. The number of esters is 1. The largest absolute Gasteiger partial charge is 0.465 e. The number of anilines is 3. The molecule has 0 saturated carbocycles. The van der Waals surface area contributed by atoms with Crippen LogP contribution in [0.5, 0.6) is 0 Å². The van der Waals surface area contributed by atoms with Crippen molar-refractivity contribution in [3.8, 4) is 0 Å². The predicted octanol–water partition coefficient (Wildman–Crippen LogP) is 3.27. The summed E-state index contributed by atoms with van der Waals surface area (Å²) in [5.41, 5.74) is 0.717. The number of hydrogen-bond donors (Lipinski definition) is 2. The van der Waals surface area contributed by atoms with Crippen molar-refractivity contribution < 1.29 is 9.53 Å². The van der Waals surface area contributed by atoms with Crippen molar-refractivity contribution >= 4 is 35.0 Å². The molecule has 7 nitrogen and oxygen atoms in total. The molecular formula is C15H18ClN5O2. The Kier molecular flexibility index (Phi) is 5.00. The van der Waals surface area contributed by atoms with Gasteiger partial charge in [-0.15, -0.1) is 5.10 Å². The van der Waals surface area contributed by atoms with Crippen LogP contribution < -0.4 is 10.6 Å². The molecule has 0 unspecified atom stereocenters. The molecule has 2 rings (SSSR count). The smallest absolute Gasteiger partial charge is 0.337 e. The number of nitrogens with zero attached hydrogens (tertiary/aromatic N) is 3. The highest BCUT2D eigenvalue weighted by atomic mass is 35.5. The molecule has 0 radical (unpaired) electrons. The number of nitrogens with one attached hydrogen (secondary N) is 2. The highest BCUT2D eigenvalue weighted by Gasteiger charge is 2.13. The lowest BCUT2D eigenvalue weighted by Gasteiger charge is -2.20. The first-order valence-corrected chi connectivity index (χ1v) is 7.29. The molecule has 0 aliphatic rings. The van der Waals surface area contributed by atoms with Gasteiger partial charge >= 0.3 is 5.97 Å². The van der Waals surface area contributed by atoms with Gasteiger partial charge < -0.3 is 15.4 Å². The van der Waals surface area contributed by atoms with Gasteiger partial charge in [0.25, 0.3) is 0 Å². The fourth-order valence-corrected chi connectivity index (χ4v) is 1.92. The number of benzene rings is 1. The molecule has 0 aliphatic carbocycles. The topological polar surface area (TPSA) is 89.0 Å². The average Bonchev–Trinajstić information content (AvgIpc) is 2.47. The van der Waals surface area contributed by atoms with E-state index in [-0.39, 0.29) is 5.54 Å². The van der Waals surface area contributed by atoms with Gasteiger partial charge in [-0.05, 0) is 39.0 Å². The molecule has 2 N–H and O–H groups in total. The van der Waals surface area contributed by atoms with Gasteiger partial charge in [0.1, 0.15) is 0 Å². The SMILES string of the molecule is COC(=O)c1ccc(Cl)c(Nc2cnnc(NC(C)(C)C)n2)c1. The number of methoxy groups -OCH3 is 1. The van der Waals surface area contributed by atoms with Crippen LogP contribution >= 0.6 is 11.6 Å². The molecule has 2 aromatic rings. The van der Waals surface area contributed by atoms with E-state index in [0.717, 1.165) is 0 Å². The van der Waals surface area contributed by atoms with E-state index in [1.54, 1.807) is 18.2 Å². The van der Waals surface area contributed by atoms with Gasteiger partial charge in [-0.1, -0.05) is 11.6 Å². The van der Waals surface area contributed by atoms with Gasteiger partial charge in [0.05, 0.1) is 29.6 Å². The second kappa shape index (κ2) is 6.78. The predicted molar refractivity (Wildman–Crippen MR) is 89.3 cm³/mol. The Bertz CT molecular complexity index is 715. The van der Waals surface area contributed by atoms with Crippen LogP contribution in [0.3, 0.4) is 0 Å². The van der Waals surface area contributed by atoms with Crippen LogP contribution in [-0.2, 0) is 4.74 Å². The van der Waals surface area contributed by atoms with Gasteiger partial charge in [-0.25, -0.2) is 4.79 Å². The summed E-state index contributed by atoms with van der Waals surface area (Å²) in [6, 6.07) is 4.79. The van der Waals surface area contributed by atoms with E-state index in [0.29, 0.717) is 28.0 Å². The standard InChI is InChI=1S/C15H18ClN5O2/c1-15(2,3)20-14-19-12(8-17-21-14)18-11-7-9(13(22)23-4)5-6-10(11)16/h5-8H,1-4H3,(H2,18,19,20,21). The second-order valence-electron chi connectivity index (χ2n) is 5.85. The number of halogens is 1. The molecule has 0 fully saturated rings. The van der Waals surface area contributed by atoms with Gasteiger partial charge in [0.2, 0.25) is 5.95 Å². The van der Waals surface area contributed by atoms with E-state index in [9.17, 15) is 4.79 Å². The maximum absolute atomic E-state index is 11.6. The molecular weight excluding hydrogens is 318 g/mol. The zero-order chi connectivity index (χ0) is 17.0. The number of carbonyl (C=O) groups is 1. The molecule has 0 amide bonds. The summed E-state index contributed by atoms with van der Waals surface area (Å²) < 4.78 is 4.70. The van der Waals surface area contributed by atoms with Crippen molar-refractivity contribution in [2.75, 3.05) is 17.7 Å². The normalized spacial score (nSPS) is 11.0. The molecule has 0 spiro atoms. The molecule has 8 heteroatoms. The number of ether oxygens (including phenoxy) is 1. The fourth-order valence-electron chi connectivity index (χ4n) is 1.76. The Labute approximate surface area is 139 Å². The third kappa shape index (κ3) is 4.79. The zero-order valence-corrected chi connectivity index (χ0v) is 14.1. The monoisotopic (exact) mass is 335 g/mol. The van der Waals surface area contributed by atoms with Crippen LogP contribution in [0, 0.1) is 0 Å². The molecule has 0 aliphatic heterocycles. The molecule has 1 aromatic carbocycles. The lowest BCUT2D eigenvalue weighted by atomic mass is 10.1. The third-order valence-electron chi connectivity index (χ3n) is 2.70. The summed E-state index contributed by atoms with van der Waals surface area (Å²) in [7, 11) is 1.32. The van der Waals surface area contributed by atoms with Crippen LogP contribution in [0.4, 0.5) is 17.5 Å². The highest BCUT2D eigenvalue weighted by Crippen LogP contribution is 2.26. The Morgan fingerprint density at radius 2 is 2.04 bits per heavy atom. The first-order valence-electron chi connectivity index (χ1n) is 6.91. The van der Waals surface area contributed by atoms with E-state index in [1.165, 1.54) is 13.3 Å². The van der Waals surface area contributed by atoms with Gasteiger partial charge in [-0.3, -0.25) is 0 Å². The first kappa shape index (κ1) is 17.0. The van der Waals surface area contributed by atoms with E-state index in [1.807, 2.05) is 20.8 Å². The summed E-state index contributed by atoms with van der Waals surface area (Å²) in [5, 5.41) is 14.4. The van der Waals surface area contributed by atoms with Crippen molar-refractivity contribution in [3.63, 3.8) is 0 Å². The lowest BCUT2D eigenvalue weighted by Crippen LogP contribution is -2.27. The van der Waals surface area contributed by atoms with Crippen LogP contribution in [0.1, 0.15) is 31.1 Å². The molecule has 1 aromatic heterocycles. The quantitative estimate of drug-likeness (QED) is 0.829. The van der Waals surface area contributed by atoms with Crippen LogP contribution in [0.2, 0.25) is 5.02 Å². The molecule has 0 bridgehead atoms. The maximum atomic E-state index is 11.6. The Morgan fingerprint density at radius 3 is 2.70 bits per heavy atom. The number of aromatic nitrogens is 3. The van der Waals surface area contributed by atoms with E-state index >= 15 is 0 Å². The zero-order valence-electron chi connectivity index (χ0n) is 13.3. The molecule has 23 heavy (non-hydrogen) atoms. The summed E-state index contributed by atoms with van der Waals surface area (Å²) in [6.07, 6.45) is 1.47. The minimum Gasteiger partial charge on any atom is -0.465 e. The van der Waals surface area contributed by atoms with Crippen LogP contribution in [0.15, 0.2) is 24.4 Å². The second-order valence-corrected chi connectivity index (χ2v) is 6.26. The minimum absolute atomic E-state index is 0.192. The van der Waals surface area contributed by atoms with Gasteiger partial charge in [-0.2, -0.15) is 10.1 Å². The average molecular weight is 336 g/mol. The minimum atomic E-state index is -0.444. The van der Waals surface area contributed by atoms with Gasteiger partial charge in [0.15, 0.2) is 5.82 Å². The molecule has 0 saturated heterocycles. The van der Waals surface area contributed by atoms with Crippen molar-refractivity contribution in [2.45, 2.75) is 26.3 Å². The van der Waals surface area contributed by atoms with Crippen LogP contribution in [-0.4, -0.2) is 33.8 Å². The van der Waals surface area contributed by atoms with Crippen molar-refractivity contribution in [3.05, 3.63) is 35.0 Å². The number of hydrogen-bond acceptors (Lipinski definition) is 7. The Balaban J connectivity index is 2.25. The Hall–Kier alpha value is -2.41. The third-order valence-corrected chi connectivity index (χ3v) is 3.03. The Morgan fingerprint density at radius 1 is 1.30 bits per heavy atom. The van der Waals surface area contributed by atoms with E-state index < -0.39 is 5.97 Å². The summed E-state index contributed by atoms with van der Waals surface area (Å²) >= 11 is 6.15. The molecule has 122 valence electrons. The molecule has 0 atom stereocenters. The lowest BCUT2D eigenvalue weighted by molar-refractivity contribution is 0.0601.